The number of rotatable bonds is 4. The minimum atomic E-state index is -0.776. The number of amides is 2. The zero-order valence-electron chi connectivity index (χ0n) is 14.0. The summed E-state index contributed by atoms with van der Waals surface area (Å²) in [7, 11) is 0. The second-order valence-corrected chi connectivity index (χ2v) is 6.97. The van der Waals surface area contributed by atoms with E-state index in [1.54, 1.807) is 12.1 Å². The molecule has 0 radical (unpaired) electrons. The fraction of sp³-hybridized carbons (Fsp3) is 0.238. The van der Waals surface area contributed by atoms with Gasteiger partial charge in [-0.25, -0.2) is 4.90 Å². The average molecular weight is 346 g/mol. The van der Waals surface area contributed by atoms with Crippen molar-refractivity contribution in [3.63, 3.8) is 0 Å². The number of para-hydroxylation sites is 2. The van der Waals surface area contributed by atoms with Gasteiger partial charge in [0.1, 0.15) is 5.60 Å². The Kier molecular flexibility index (Phi) is 3.27. The molecule has 0 aromatic heterocycles. The molecule has 5 rings (SSSR count). The van der Waals surface area contributed by atoms with Gasteiger partial charge in [0.2, 0.25) is 11.8 Å². The number of carbonyl (C=O) groups excluding carboxylic acids is 2. The molecule has 2 fully saturated rings. The second kappa shape index (κ2) is 5.54. The molecule has 0 saturated carbocycles. The van der Waals surface area contributed by atoms with Gasteiger partial charge in [0, 0.05) is 12.2 Å². The SMILES string of the molecule is O=C1[C@@H]2[C@@H]3C=C[C@](CNc4ccccc4)(O3)[C@@H]2C(=O)N1c1ccccc1. The Balaban J connectivity index is 1.46. The molecule has 3 heterocycles. The van der Waals surface area contributed by atoms with Crippen LogP contribution in [0.4, 0.5) is 11.4 Å². The van der Waals surface area contributed by atoms with Crippen LogP contribution < -0.4 is 10.2 Å². The van der Waals surface area contributed by atoms with Gasteiger partial charge in [-0.2, -0.15) is 0 Å². The van der Waals surface area contributed by atoms with Crippen molar-refractivity contribution >= 4 is 23.2 Å². The molecule has 5 nitrogen and oxygen atoms in total. The van der Waals surface area contributed by atoms with Gasteiger partial charge in [-0.1, -0.05) is 48.6 Å². The molecule has 1 N–H and O–H groups in total. The van der Waals surface area contributed by atoms with Crippen LogP contribution in [0.5, 0.6) is 0 Å². The molecule has 2 saturated heterocycles. The van der Waals surface area contributed by atoms with Crippen LogP contribution in [0.3, 0.4) is 0 Å². The summed E-state index contributed by atoms with van der Waals surface area (Å²) in [5.41, 5.74) is 0.812. The average Bonchev–Trinajstić information content (AvgIpc) is 3.32. The third-order valence-corrected chi connectivity index (χ3v) is 5.51. The lowest BCUT2D eigenvalue weighted by Crippen LogP contribution is -2.45. The number of nitrogens with one attached hydrogen (secondary N) is 1. The van der Waals surface area contributed by atoms with Gasteiger partial charge in [0.15, 0.2) is 0 Å². The number of benzene rings is 2. The fourth-order valence-corrected chi connectivity index (χ4v) is 4.33. The lowest BCUT2D eigenvalue weighted by molar-refractivity contribution is -0.126. The number of hydrogen-bond donors (Lipinski definition) is 1. The number of hydrogen-bond acceptors (Lipinski definition) is 4. The first kappa shape index (κ1) is 15.3. The third kappa shape index (κ3) is 2.07. The molecular formula is C21H18N2O3. The van der Waals surface area contributed by atoms with Crippen LogP contribution in [0.2, 0.25) is 0 Å². The van der Waals surface area contributed by atoms with Crippen molar-refractivity contribution in [2.24, 2.45) is 11.8 Å². The highest BCUT2D eigenvalue weighted by Crippen LogP contribution is 2.52. The summed E-state index contributed by atoms with van der Waals surface area (Å²) in [4.78, 5) is 27.5. The van der Waals surface area contributed by atoms with Gasteiger partial charge in [-0.3, -0.25) is 9.59 Å². The maximum atomic E-state index is 13.2. The second-order valence-electron chi connectivity index (χ2n) is 6.97. The Bertz CT molecular complexity index is 896. The Morgan fingerprint density at radius 1 is 0.962 bits per heavy atom. The Morgan fingerprint density at radius 3 is 2.38 bits per heavy atom. The van der Waals surface area contributed by atoms with Crippen LogP contribution in [0.25, 0.3) is 0 Å². The van der Waals surface area contributed by atoms with E-state index in [1.165, 1.54) is 4.90 Å². The highest BCUT2D eigenvalue weighted by atomic mass is 16.5. The standard InChI is InChI=1S/C21H18N2O3/c24-19-17-16-11-12-21(26-16,13-22-14-7-3-1-4-8-14)18(17)20(25)23(19)15-9-5-2-6-10-15/h1-12,16-18,22H,13H2/t16-,17+,18-,21+/m0/s1. The van der Waals surface area contributed by atoms with Gasteiger partial charge >= 0.3 is 0 Å². The summed E-state index contributed by atoms with van der Waals surface area (Å²) < 4.78 is 6.13. The van der Waals surface area contributed by atoms with Crippen LogP contribution in [0.1, 0.15) is 0 Å². The smallest absolute Gasteiger partial charge is 0.241 e. The van der Waals surface area contributed by atoms with Crippen molar-refractivity contribution in [3.8, 4) is 0 Å². The Hall–Kier alpha value is -2.92. The summed E-state index contributed by atoms with van der Waals surface area (Å²) in [6.07, 6.45) is 3.55. The molecule has 2 aromatic carbocycles. The summed E-state index contributed by atoms with van der Waals surface area (Å²) in [6.45, 7) is 0.451. The van der Waals surface area contributed by atoms with E-state index in [0.29, 0.717) is 12.2 Å². The van der Waals surface area contributed by atoms with E-state index < -0.39 is 17.4 Å². The quantitative estimate of drug-likeness (QED) is 0.683. The van der Waals surface area contributed by atoms with Crippen molar-refractivity contribution in [1.82, 2.24) is 0 Å². The lowest BCUT2D eigenvalue weighted by atomic mass is 9.77. The molecule has 2 aromatic rings. The first-order valence-corrected chi connectivity index (χ1v) is 8.79. The Labute approximate surface area is 151 Å². The molecule has 3 aliphatic heterocycles. The highest BCUT2D eigenvalue weighted by Gasteiger charge is 2.67. The third-order valence-electron chi connectivity index (χ3n) is 5.51. The van der Waals surface area contributed by atoms with Crippen LogP contribution in [0.15, 0.2) is 72.8 Å². The lowest BCUT2D eigenvalue weighted by Gasteiger charge is -2.29. The minimum absolute atomic E-state index is 0.165. The van der Waals surface area contributed by atoms with Crippen molar-refractivity contribution in [2.45, 2.75) is 11.7 Å². The predicted molar refractivity (Wildman–Crippen MR) is 97.6 cm³/mol. The van der Waals surface area contributed by atoms with E-state index in [1.807, 2.05) is 60.7 Å². The normalized spacial score (nSPS) is 31.5. The molecule has 26 heavy (non-hydrogen) atoms. The van der Waals surface area contributed by atoms with E-state index in [2.05, 4.69) is 5.32 Å². The number of imide groups is 1. The maximum Gasteiger partial charge on any atom is 0.241 e. The molecule has 0 unspecified atom stereocenters. The summed E-state index contributed by atoms with van der Waals surface area (Å²) in [5, 5.41) is 3.35. The summed E-state index contributed by atoms with van der Waals surface area (Å²) >= 11 is 0. The number of anilines is 2. The molecule has 3 aliphatic rings. The first-order chi connectivity index (χ1) is 12.7. The summed E-state index contributed by atoms with van der Waals surface area (Å²) in [6, 6.07) is 18.9. The fourth-order valence-electron chi connectivity index (χ4n) is 4.33. The molecule has 0 spiro atoms. The number of carbonyl (C=O) groups is 2. The topological polar surface area (TPSA) is 58.6 Å². The van der Waals surface area contributed by atoms with E-state index in [4.69, 9.17) is 4.74 Å². The van der Waals surface area contributed by atoms with Gasteiger partial charge in [0.05, 0.1) is 23.6 Å². The number of ether oxygens (including phenoxy) is 1. The molecule has 2 amide bonds. The molecule has 130 valence electrons. The zero-order chi connectivity index (χ0) is 17.7. The van der Waals surface area contributed by atoms with Gasteiger partial charge in [-0.15, -0.1) is 0 Å². The number of nitrogens with zero attached hydrogens (tertiary/aromatic N) is 1. The van der Waals surface area contributed by atoms with Crippen molar-refractivity contribution in [1.29, 1.82) is 0 Å². The van der Waals surface area contributed by atoms with E-state index >= 15 is 0 Å². The largest absolute Gasteiger partial charge is 0.382 e. The molecule has 5 heteroatoms. The van der Waals surface area contributed by atoms with E-state index in [-0.39, 0.29) is 17.9 Å². The maximum absolute atomic E-state index is 13.2. The van der Waals surface area contributed by atoms with Crippen LogP contribution in [-0.4, -0.2) is 30.1 Å². The number of fused-ring (bicyclic) bond motifs is 5. The summed E-state index contributed by atoms with van der Waals surface area (Å²) in [5.74, 6) is -1.26. The van der Waals surface area contributed by atoms with Crippen molar-refractivity contribution in [2.75, 3.05) is 16.8 Å². The van der Waals surface area contributed by atoms with Gasteiger partial charge < -0.3 is 10.1 Å². The predicted octanol–water partition coefficient (Wildman–Crippen LogP) is 2.61. The Morgan fingerprint density at radius 2 is 1.65 bits per heavy atom. The van der Waals surface area contributed by atoms with Crippen LogP contribution in [0, 0.1) is 11.8 Å². The zero-order valence-corrected chi connectivity index (χ0v) is 14.0. The highest BCUT2D eigenvalue weighted by molar-refractivity contribution is 6.23. The molecule has 4 atom stereocenters. The van der Waals surface area contributed by atoms with Crippen LogP contribution in [-0.2, 0) is 14.3 Å². The van der Waals surface area contributed by atoms with Gasteiger partial charge in [-0.05, 0) is 24.3 Å². The molecule has 2 bridgehead atoms. The van der Waals surface area contributed by atoms with Gasteiger partial charge in [0.25, 0.3) is 0 Å². The van der Waals surface area contributed by atoms with E-state index in [0.717, 1.165) is 5.69 Å². The minimum Gasteiger partial charge on any atom is -0.382 e. The first-order valence-electron chi connectivity index (χ1n) is 8.79. The van der Waals surface area contributed by atoms with Crippen LogP contribution >= 0.6 is 0 Å². The molecule has 0 aliphatic carbocycles. The van der Waals surface area contributed by atoms with E-state index in [9.17, 15) is 9.59 Å². The van der Waals surface area contributed by atoms with Crippen molar-refractivity contribution in [3.05, 3.63) is 72.8 Å². The molecular weight excluding hydrogens is 328 g/mol. The monoisotopic (exact) mass is 346 g/mol. The van der Waals surface area contributed by atoms with Crippen molar-refractivity contribution < 1.29 is 14.3 Å².